The number of ketones is 1. The molecule has 1 heterocycles. The topological polar surface area (TPSA) is 71.1 Å². The fraction of sp³-hybridized carbons (Fsp3) is 0.0833. The van der Waals surface area contributed by atoms with Gasteiger partial charge in [0.2, 0.25) is 6.79 Å². The average Bonchev–Trinajstić information content (AvgIpc) is 3.26. The van der Waals surface area contributed by atoms with Crippen molar-refractivity contribution in [2.45, 2.75) is 0 Å². The van der Waals surface area contributed by atoms with E-state index in [1.807, 2.05) is 6.07 Å². The highest BCUT2D eigenvalue weighted by Crippen LogP contribution is 2.32. The minimum absolute atomic E-state index is 0.136. The zero-order valence-electron chi connectivity index (χ0n) is 16.2. The molecular weight excluding hydrogens is 384 g/mol. The summed E-state index contributed by atoms with van der Waals surface area (Å²) in [4.78, 5) is 24.8. The largest absolute Gasteiger partial charge is 0.497 e. The summed E-state index contributed by atoms with van der Waals surface area (Å²) in [6.45, 7) is 0.136. The number of carbonyl (C=O) groups excluding carboxylic acids is 2. The highest BCUT2D eigenvalue weighted by Gasteiger charge is 2.17. The summed E-state index contributed by atoms with van der Waals surface area (Å²) in [7, 11) is 1.57. The van der Waals surface area contributed by atoms with E-state index in [1.165, 1.54) is 6.08 Å². The molecule has 0 saturated heterocycles. The van der Waals surface area contributed by atoms with Crippen molar-refractivity contribution < 1.29 is 28.5 Å². The Hall–Kier alpha value is -4.06. The van der Waals surface area contributed by atoms with Gasteiger partial charge in [0.05, 0.1) is 12.7 Å². The van der Waals surface area contributed by atoms with E-state index in [-0.39, 0.29) is 12.6 Å². The Kier molecular flexibility index (Phi) is 5.48. The average molecular weight is 402 g/mol. The maximum Gasteiger partial charge on any atom is 0.343 e. The third-order valence-electron chi connectivity index (χ3n) is 4.48. The molecule has 0 spiro atoms. The molecule has 0 amide bonds. The van der Waals surface area contributed by atoms with Gasteiger partial charge in [0.15, 0.2) is 17.3 Å². The van der Waals surface area contributed by atoms with Gasteiger partial charge in [-0.25, -0.2) is 4.79 Å². The number of carbonyl (C=O) groups is 2. The number of benzene rings is 3. The predicted octanol–water partition coefficient (Wildman–Crippen LogP) is 4.54. The summed E-state index contributed by atoms with van der Waals surface area (Å²) < 4.78 is 21.1. The van der Waals surface area contributed by atoms with Crippen LogP contribution in [0.15, 0.2) is 72.8 Å². The highest BCUT2D eigenvalue weighted by molar-refractivity contribution is 6.06. The first-order valence-corrected chi connectivity index (χ1v) is 9.21. The van der Waals surface area contributed by atoms with Crippen molar-refractivity contribution >= 4 is 17.8 Å². The number of ether oxygens (including phenoxy) is 4. The normalized spacial score (nSPS) is 12.0. The SMILES string of the molecule is COc1ccc(C(=O)/C=C/c2cccc(OC(=O)c3ccc4c(c3)OCO4)c2)cc1. The Morgan fingerprint density at radius 2 is 1.63 bits per heavy atom. The van der Waals surface area contributed by atoms with Crippen LogP contribution in [0.1, 0.15) is 26.3 Å². The van der Waals surface area contributed by atoms with Crippen molar-refractivity contribution in [1.29, 1.82) is 0 Å². The molecule has 0 unspecified atom stereocenters. The molecule has 1 aliphatic rings. The Morgan fingerprint density at radius 1 is 0.867 bits per heavy atom. The molecule has 0 atom stereocenters. The summed E-state index contributed by atoms with van der Waals surface area (Å²) in [5.74, 6) is 1.52. The van der Waals surface area contributed by atoms with Crippen molar-refractivity contribution in [1.82, 2.24) is 0 Å². The minimum Gasteiger partial charge on any atom is -0.497 e. The molecule has 4 rings (SSSR count). The molecule has 0 radical (unpaired) electrons. The van der Waals surface area contributed by atoms with Crippen LogP contribution in [0.3, 0.4) is 0 Å². The first kappa shape index (κ1) is 19.3. The fourth-order valence-corrected chi connectivity index (χ4v) is 2.89. The summed E-state index contributed by atoms with van der Waals surface area (Å²) in [6, 6.07) is 18.7. The van der Waals surface area contributed by atoms with Crippen LogP contribution in [0.5, 0.6) is 23.0 Å². The van der Waals surface area contributed by atoms with Crippen LogP contribution in [0, 0.1) is 0 Å². The number of fused-ring (bicyclic) bond motifs is 1. The highest BCUT2D eigenvalue weighted by atomic mass is 16.7. The molecule has 0 aliphatic carbocycles. The van der Waals surface area contributed by atoms with Gasteiger partial charge in [0.25, 0.3) is 0 Å². The van der Waals surface area contributed by atoms with Crippen molar-refractivity contribution in [2.75, 3.05) is 13.9 Å². The summed E-state index contributed by atoms with van der Waals surface area (Å²) in [5, 5.41) is 0. The van der Waals surface area contributed by atoms with E-state index in [0.29, 0.717) is 34.1 Å². The van der Waals surface area contributed by atoms with E-state index >= 15 is 0 Å². The van der Waals surface area contributed by atoms with Crippen molar-refractivity contribution in [3.05, 3.63) is 89.5 Å². The summed E-state index contributed by atoms with van der Waals surface area (Å²) >= 11 is 0. The lowest BCUT2D eigenvalue weighted by molar-refractivity contribution is 0.0734. The molecule has 0 saturated carbocycles. The third-order valence-corrected chi connectivity index (χ3v) is 4.48. The van der Waals surface area contributed by atoms with Crippen LogP contribution in [-0.4, -0.2) is 25.7 Å². The number of esters is 1. The second-order valence-electron chi connectivity index (χ2n) is 6.46. The van der Waals surface area contributed by atoms with Gasteiger partial charge in [0, 0.05) is 5.56 Å². The van der Waals surface area contributed by atoms with Gasteiger partial charge in [-0.15, -0.1) is 0 Å². The lowest BCUT2D eigenvalue weighted by Gasteiger charge is -2.06. The Balaban J connectivity index is 1.43. The zero-order valence-corrected chi connectivity index (χ0v) is 16.2. The third kappa shape index (κ3) is 4.33. The van der Waals surface area contributed by atoms with Crippen molar-refractivity contribution in [2.24, 2.45) is 0 Å². The molecule has 6 heteroatoms. The molecule has 3 aromatic carbocycles. The maximum absolute atomic E-state index is 12.4. The molecule has 0 aromatic heterocycles. The maximum atomic E-state index is 12.4. The standard InChI is InChI=1S/C24H18O6/c1-27-19-9-6-17(7-10-19)21(25)11-5-16-3-2-4-20(13-16)30-24(26)18-8-12-22-23(14-18)29-15-28-22/h2-14H,15H2,1H3/b11-5+. The molecule has 30 heavy (non-hydrogen) atoms. The summed E-state index contributed by atoms with van der Waals surface area (Å²) in [6.07, 6.45) is 3.14. The molecular formula is C24H18O6. The van der Waals surface area contributed by atoms with Gasteiger partial charge in [-0.1, -0.05) is 18.2 Å². The van der Waals surface area contributed by atoms with Gasteiger partial charge >= 0.3 is 5.97 Å². The van der Waals surface area contributed by atoms with Gasteiger partial charge < -0.3 is 18.9 Å². The van der Waals surface area contributed by atoms with Gasteiger partial charge in [-0.05, 0) is 66.2 Å². The quantitative estimate of drug-likeness (QED) is 0.261. The van der Waals surface area contributed by atoms with E-state index in [4.69, 9.17) is 18.9 Å². The smallest absolute Gasteiger partial charge is 0.343 e. The molecule has 0 N–H and O–H groups in total. The molecule has 1 aliphatic heterocycles. The Bertz CT molecular complexity index is 1110. The van der Waals surface area contributed by atoms with Crippen LogP contribution in [0.2, 0.25) is 0 Å². The first-order chi connectivity index (χ1) is 14.6. The fourth-order valence-electron chi connectivity index (χ4n) is 2.89. The molecule has 0 fully saturated rings. The van der Waals surface area contributed by atoms with Gasteiger partial charge in [-0.3, -0.25) is 4.79 Å². The van der Waals surface area contributed by atoms with Crippen LogP contribution >= 0.6 is 0 Å². The van der Waals surface area contributed by atoms with E-state index in [9.17, 15) is 9.59 Å². The van der Waals surface area contributed by atoms with Crippen molar-refractivity contribution in [3.63, 3.8) is 0 Å². The summed E-state index contributed by atoms with van der Waals surface area (Å²) in [5.41, 5.74) is 1.64. The van der Waals surface area contributed by atoms with Crippen LogP contribution < -0.4 is 18.9 Å². The Morgan fingerprint density at radius 3 is 2.43 bits per heavy atom. The van der Waals surface area contributed by atoms with Crippen molar-refractivity contribution in [3.8, 4) is 23.0 Å². The second-order valence-corrected chi connectivity index (χ2v) is 6.46. The second kappa shape index (κ2) is 8.53. The van der Waals surface area contributed by atoms with E-state index in [2.05, 4.69) is 0 Å². The van der Waals surface area contributed by atoms with E-state index in [0.717, 1.165) is 5.56 Å². The van der Waals surface area contributed by atoms with Crippen LogP contribution in [0.25, 0.3) is 6.08 Å². The molecule has 150 valence electrons. The molecule has 6 nitrogen and oxygen atoms in total. The van der Waals surface area contributed by atoms with Crippen LogP contribution in [-0.2, 0) is 0 Å². The molecule has 3 aromatic rings. The molecule has 0 bridgehead atoms. The number of allylic oxidation sites excluding steroid dienone is 1. The number of methoxy groups -OCH3 is 1. The number of rotatable bonds is 6. The predicted molar refractivity (Wildman–Crippen MR) is 110 cm³/mol. The van der Waals surface area contributed by atoms with E-state index < -0.39 is 5.97 Å². The zero-order chi connectivity index (χ0) is 20.9. The lowest BCUT2D eigenvalue weighted by atomic mass is 10.1. The first-order valence-electron chi connectivity index (χ1n) is 9.21. The van der Waals surface area contributed by atoms with E-state index in [1.54, 1.807) is 73.8 Å². The van der Waals surface area contributed by atoms with Crippen LogP contribution in [0.4, 0.5) is 0 Å². The number of hydrogen-bond donors (Lipinski definition) is 0. The van der Waals surface area contributed by atoms with Gasteiger partial charge in [-0.2, -0.15) is 0 Å². The monoisotopic (exact) mass is 402 g/mol. The minimum atomic E-state index is -0.510. The lowest BCUT2D eigenvalue weighted by Crippen LogP contribution is -2.08. The Labute approximate surface area is 173 Å². The van der Waals surface area contributed by atoms with Gasteiger partial charge in [0.1, 0.15) is 11.5 Å². The number of hydrogen-bond acceptors (Lipinski definition) is 6.